The van der Waals surface area contributed by atoms with Crippen LogP contribution in [0.3, 0.4) is 0 Å². The summed E-state index contributed by atoms with van der Waals surface area (Å²) in [7, 11) is 1.53. The topological polar surface area (TPSA) is 68.5 Å². The number of methoxy groups -OCH3 is 1. The second-order valence-corrected chi connectivity index (χ2v) is 7.08. The number of carboxylic acids is 1. The Hall–Kier alpha value is -2.31. The van der Waals surface area contributed by atoms with Gasteiger partial charge in [0, 0.05) is 27.2 Å². The van der Waals surface area contributed by atoms with Gasteiger partial charge in [0.1, 0.15) is 10.6 Å². The number of benzene rings is 2. The van der Waals surface area contributed by atoms with Gasteiger partial charge < -0.3 is 9.84 Å². The molecular formula is C19H15BrClNO4. The summed E-state index contributed by atoms with van der Waals surface area (Å²) in [4.78, 5) is 23.7. The molecule has 0 amide bonds. The molecule has 0 saturated heterocycles. The fourth-order valence-electron chi connectivity index (χ4n) is 2.98. The molecule has 0 aliphatic rings. The number of alkyl halides is 1. The van der Waals surface area contributed by atoms with Crippen molar-refractivity contribution in [2.24, 2.45) is 0 Å². The quantitative estimate of drug-likeness (QED) is 0.595. The van der Waals surface area contributed by atoms with Gasteiger partial charge in [-0.05, 0) is 49.4 Å². The van der Waals surface area contributed by atoms with Gasteiger partial charge in [0.05, 0.1) is 12.6 Å². The number of aromatic nitrogens is 1. The standard InChI is InChI=1S/C19H15BrClNO4/c1-10-16(17(20)19(24)25)14-9-13(26-2)7-8-15(14)22(10)18(23)11-3-5-12(21)6-4-11/h3-9,17H,1-2H3,(H,24,25). The van der Waals surface area contributed by atoms with E-state index in [9.17, 15) is 14.7 Å². The van der Waals surface area contributed by atoms with Crippen molar-refractivity contribution in [2.45, 2.75) is 11.8 Å². The van der Waals surface area contributed by atoms with Gasteiger partial charge in [-0.15, -0.1) is 0 Å². The number of halogens is 2. The maximum Gasteiger partial charge on any atom is 0.321 e. The first-order chi connectivity index (χ1) is 12.3. The zero-order valence-electron chi connectivity index (χ0n) is 14.0. The fraction of sp³-hybridized carbons (Fsp3) is 0.158. The van der Waals surface area contributed by atoms with E-state index in [1.807, 2.05) is 0 Å². The van der Waals surface area contributed by atoms with Gasteiger partial charge in [-0.1, -0.05) is 27.5 Å². The molecule has 0 saturated carbocycles. The summed E-state index contributed by atoms with van der Waals surface area (Å²) in [6.45, 7) is 1.73. The smallest absolute Gasteiger partial charge is 0.321 e. The zero-order chi connectivity index (χ0) is 19.0. The largest absolute Gasteiger partial charge is 0.497 e. The first-order valence-electron chi connectivity index (χ1n) is 7.71. The molecule has 0 fully saturated rings. The van der Waals surface area contributed by atoms with Crippen molar-refractivity contribution >= 4 is 50.3 Å². The van der Waals surface area contributed by atoms with Crippen LogP contribution in [0.1, 0.15) is 26.4 Å². The Morgan fingerprint density at radius 2 is 1.85 bits per heavy atom. The molecule has 0 aliphatic heterocycles. The molecule has 134 valence electrons. The van der Waals surface area contributed by atoms with E-state index in [-0.39, 0.29) is 5.91 Å². The average molecular weight is 437 g/mol. The van der Waals surface area contributed by atoms with E-state index >= 15 is 0 Å². The van der Waals surface area contributed by atoms with E-state index in [0.29, 0.717) is 38.5 Å². The maximum absolute atomic E-state index is 13.1. The lowest BCUT2D eigenvalue weighted by molar-refractivity contribution is -0.136. The van der Waals surface area contributed by atoms with Crippen LogP contribution >= 0.6 is 27.5 Å². The predicted molar refractivity (Wildman–Crippen MR) is 104 cm³/mol. The molecule has 1 atom stereocenters. The highest BCUT2D eigenvalue weighted by Crippen LogP contribution is 2.37. The normalized spacial score (nSPS) is 12.2. The third-order valence-electron chi connectivity index (χ3n) is 4.22. The van der Waals surface area contributed by atoms with Gasteiger partial charge in [-0.3, -0.25) is 14.2 Å². The summed E-state index contributed by atoms with van der Waals surface area (Å²) in [5.41, 5.74) is 2.15. The van der Waals surface area contributed by atoms with Crippen LogP contribution in [0.2, 0.25) is 5.02 Å². The van der Waals surface area contributed by atoms with Crippen molar-refractivity contribution in [1.29, 1.82) is 0 Å². The van der Waals surface area contributed by atoms with Crippen LogP contribution in [0.25, 0.3) is 10.9 Å². The Balaban J connectivity index is 2.28. The maximum atomic E-state index is 13.1. The molecule has 0 bridgehead atoms. The monoisotopic (exact) mass is 435 g/mol. The molecule has 1 unspecified atom stereocenters. The van der Waals surface area contributed by atoms with Crippen LogP contribution in [0.4, 0.5) is 0 Å². The van der Waals surface area contributed by atoms with Crippen molar-refractivity contribution < 1.29 is 19.4 Å². The second kappa shape index (κ2) is 7.13. The van der Waals surface area contributed by atoms with E-state index in [2.05, 4.69) is 15.9 Å². The number of rotatable bonds is 4. The molecule has 3 rings (SSSR count). The summed E-state index contributed by atoms with van der Waals surface area (Å²) in [5, 5.41) is 10.6. The summed E-state index contributed by atoms with van der Waals surface area (Å²) in [5.74, 6) is -0.709. The van der Waals surface area contributed by atoms with Crippen molar-refractivity contribution in [2.75, 3.05) is 7.11 Å². The van der Waals surface area contributed by atoms with E-state index in [4.69, 9.17) is 16.3 Å². The van der Waals surface area contributed by atoms with Crippen molar-refractivity contribution in [3.63, 3.8) is 0 Å². The number of hydrogen-bond acceptors (Lipinski definition) is 3. The molecular weight excluding hydrogens is 422 g/mol. The molecule has 0 aliphatic carbocycles. The minimum Gasteiger partial charge on any atom is -0.497 e. The summed E-state index contributed by atoms with van der Waals surface area (Å²) in [6.07, 6.45) is 0. The molecule has 0 radical (unpaired) electrons. The fourth-order valence-corrected chi connectivity index (χ4v) is 3.68. The number of carbonyl (C=O) groups is 2. The van der Waals surface area contributed by atoms with Gasteiger partial charge >= 0.3 is 5.97 Å². The highest BCUT2D eigenvalue weighted by atomic mass is 79.9. The van der Waals surface area contributed by atoms with Crippen LogP contribution in [0.5, 0.6) is 5.75 Å². The molecule has 1 N–H and O–H groups in total. The number of aliphatic carboxylic acids is 1. The zero-order valence-corrected chi connectivity index (χ0v) is 16.3. The number of carboxylic acid groups (broad SMARTS) is 1. The van der Waals surface area contributed by atoms with E-state index < -0.39 is 10.8 Å². The van der Waals surface area contributed by atoms with E-state index in [1.54, 1.807) is 49.4 Å². The van der Waals surface area contributed by atoms with Crippen molar-refractivity contribution in [3.05, 3.63) is 64.3 Å². The number of fused-ring (bicyclic) bond motifs is 1. The first-order valence-corrected chi connectivity index (χ1v) is 9.00. The molecule has 1 heterocycles. The first kappa shape index (κ1) is 18.5. The minimum atomic E-state index is -1.03. The van der Waals surface area contributed by atoms with Crippen molar-refractivity contribution in [1.82, 2.24) is 4.57 Å². The Bertz CT molecular complexity index is 1010. The van der Waals surface area contributed by atoms with Crippen LogP contribution in [0, 0.1) is 6.92 Å². The molecule has 1 aromatic heterocycles. The second-order valence-electron chi connectivity index (χ2n) is 5.73. The molecule has 26 heavy (non-hydrogen) atoms. The molecule has 7 heteroatoms. The minimum absolute atomic E-state index is 0.259. The third-order valence-corrected chi connectivity index (χ3v) is 5.33. The van der Waals surface area contributed by atoms with Crippen LogP contribution in [-0.2, 0) is 4.79 Å². The van der Waals surface area contributed by atoms with Crippen molar-refractivity contribution in [3.8, 4) is 5.75 Å². The predicted octanol–water partition coefficient (Wildman–Crippen LogP) is 4.82. The van der Waals surface area contributed by atoms with Crippen LogP contribution in [-0.4, -0.2) is 28.7 Å². The Morgan fingerprint density at radius 1 is 1.19 bits per heavy atom. The summed E-state index contributed by atoms with van der Waals surface area (Å²) >= 11 is 9.11. The Morgan fingerprint density at radius 3 is 2.42 bits per heavy atom. The Kier molecular flexibility index (Phi) is 5.07. The third kappa shape index (κ3) is 3.10. The van der Waals surface area contributed by atoms with Crippen LogP contribution in [0.15, 0.2) is 42.5 Å². The van der Waals surface area contributed by atoms with Gasteiger partial charge in [0.15, 0.2) is 0 Å². The molecule has 0 spiro atoms. The van der Waals surface area contributed by atoms with E-state index in [0.717, 1.165) is 0 Å². The molecule has 5 nitrogen and oxygen atoms in total. The average Bonchev–Trinajstić information content (AvgIpc) is 2.91. The summed E-state index contributed by atoms with van der Waals surface area (Å²) in [6, 6.07) is 11.8. The highest BCUT2D eigenvalue weighted by Gasteiger charge is 2.27. The SMILES string of the molecule is COc1ccc2c(c1)c(C(Br)C(=O)O)c(C)n2C(=O)c1ccc(Cl)cc1. The molecule has 3 aromatic rings. The lowest BCUT2D eigenvalue weighted by atomic mass is 10.1. The van der Waals surface area contributed by atoms with Gasteiger partial charge in [-0.2, -0.15) is 0 Å². The lowest BCUT2D eigenvalue weighted by Gasteiger charge is -2.09. The number of carbonyl (C=O) groups excluding carboxylic acids is 1. The van der Waals surface area contributed by atoms with Gasteiger partial charge in [-0.25, -0.2) is 0 Å². The van der Waals surface area contributed by atoms with Gasteiger partial charge in [0.25, 0.3) is 5.91 Å². The lowest BCUT2D eigenvalue weighted by Crippen LogP contribution is -2.14. The summed E-state index contributed by atoms with van der Waals surface area (Å²) < 4.78 is 6.77. The number of ether oxygens (including phenoxy) is 1. The Labute approximate surface area is 163 Å². The van der Waals surface area contributed by atoms with Gasteiger partial charge in [0.2, 0.25) is 0 Å². The van der Waals surface area contributed by atoms with Crippen LogP contribution < -0.4 is 4.74 Å². The molecule has 2 aromatic carbocycles. The number of nitrogens with zero attached hydrogens (tertiary/aromatic N) is 1. The number of hydrogen-bond donors (Lipinski definition) is 1. The highest BCUT2D eigenvalue weighted by molar-refractivity contribution is 9.09. The van der Waals surface area contributed by atoms with E-state index in [1.165, 1.54) is 11.7 Å².